The van der Waals surface area contributed by atoms with E-state index in [2.05, 4.69) is 11.0 Å². The van der Waals surface area contributed by atoms with Gasteiger partial charge < -0.3 is 19.1 Å². The summed E-state index contributed by atoms with van der Waals surface area (Å²) in [4.78, 5) is 2.31. The van der Waals surface area contributed by atoms with Crippen LogP contribution in [0.4, 0.5) is 5.69 Å². The van der Waals surface area contributed by atoms with Crippen molar-refractivity contribution in [3.8, 4) is 11.5 Å². The zero-order valence-corrected chi connectivity index (χ0v) is 12.2. The van der Waals surface area contributed by atoms with E-state index in [1.807, 2.05) is 19.9 Å². The van der Waals surface area contributed by atoms with Crippen LogP contribution in [0.15, 0.2) is 12.1 Å². The molecular formula is C15H23NO3. The first-order valence-corrected chi connectivity index (χ1v) is 6.78. The first-order chi connectivity index (χ1) is 9.19. The number of hydrogen-bond donors (Lipinski definition) is 0. The minimum absolute atomic E-state index is 0.321. The first-order valence-electron chi connectivity index (χ1n) is 6.78. The molecular weight excluding hydrogens is 242 g/mol. The molecule has 2 rings (SSSR count). The Hall–Kier alpha value is -1.42. The van der Waals surface area contributed by atoms with Crippen LogP contribution in [0, 0.1) is 6.92 Å². The van der Waals surface area contributed by atoms with Crippen molar-refractivity contribution in [1.82, 2.24) is 0 Å². The predicted molar refractivity (Wildman–Crippen MR) is 76.5 cm³/mol. The summed E-state index contributed by atoms with van der Waals surface area (Å²) >= 11 is 0. The molecule has 0 amide bonds. The Morgan fingerprint density at radius 2 is 1.95 bits per heavy atom. The Labute approximate surface area is 115 Å². The Kier molecular flexibility index (Phi) is 4.53. The van der Waals surface area contributed by atoms with Crippen LogP contribution in [0.2, 0.25) is 0 Å². The summed E-state index contributed by atoms with van der Waals surface area (Å²) in [6.07, 6.45) is 1.38. The summed E-state index contributed by atoms with van der Waals surface area (Å²) in [5, 5.41) is 0. The Morgan fingerprint density at radius 3 is 2.58 bits per heavy atom. The van der Waals surface area contributed by atoms with E-state index in [1.54, 1.807) is 14.2 Å². The highest BCUT2D eigenvalue weighted by molar-refractivity contribution is 5.64. The van der Waals surface area contributed by atoms with E-state index in [0.717, 1.165) is 48.9 Å². The minimum atomic E-state index is 0.321. The van der Waals surface area contributed by atoms with Gasteiger partial charge in [-0.1, -0.05) is 0 Å². The first kappa shape index (κ1) is 14.0. The van der Waals surface area contributed by atoms with Gasteiger partial charge in [-0.15, -0.1) is 0 Å². The third-order valence-electron chi connectivity index (χ3n) is 3.58. The van der Waals surface area contributed by atoms with Gasteiger partial charge in [-0.2, -0.15) is 0 Å². The molecule has 1 aromatic rings. The molecule has 106 valence electrons. The van der Waals surface area contributed by atoms with Crippen molar-refractivity contribution in [2.45, 2.75) is 26.4 Å². The van der Waals surface area contributed by atoms with Gasteiger partial charge >= 0.3 is 0 Å². The quantitative estimate of drug-likeness (QED) is 0.819. The summed E-state index contributed by atoms with van der Waals surface area (Å²) in [5.41, 5.74) is 2.18. The molecule has 0 aromatic heterocycles. The number of nitrogens with zero attached hydrogens (tertiary/aromatic N) is 1. The van der Waals surface area contributed by atoms with Crippen LogP contribution >= 0.6 is 0 Å². The predicted octanol–water partition coefficient (Wildman–Crippen LogP) is 2.63. The molecule has 19 heavy (non-hydrogen) atoms. The fraction of sp³-hybridized carbons (Fsp3) is 0.600. The molecule has 0 radical (unpaired) electrons. The monoisotopic (exact) mass is 265 g/mol. The molecule has 0 aliphatic carbocycles. The highest BCUT2D eigenvalue weighted by Crippen LogP contribution is 2.36. The number of anilines is 1. The van der Waals surface area contributed by atoms with E-state index in [0.29, 0.717) is 6.10 Å². The second kappa shape index (κ2) is 6.15. The van der Waals surface area contributed by atoms with Crippen LogP contribution < -0.4 is 14.4 Å². The van der Waals surface area contributed by atoms with Gasteiger partial charge in [0.2, 0.25) is 0 Å². The van der Waals surface area contributed by atoms with E-state index in [-0.39, 0.29) is 0 Å². The smallest absolute Gasteiger partial charge is 0.142 e. The number of aryl methyl sites for hydroxylation is 1. The second-order valence-electron chi connectivity index (χ2n) is 4.81. The third-order valence-corrected chi connectivity index (χ3v) is 3.58. The summed E-state index contributed by atoms with van der Waals surface area (Å²) in [6.45, 7) is 6.74. The van der Waals surface area contributed by atoms with Gasteiger partial charge in [0.15, 0.2) is 0 Å². The van der Waals surface area contributed by atoms with Gasteiger partial charge in [0, 0.05) is 25.8 Å². The lowest BCUT2D eigenvalue weighted by molar-refractivity contribution is 0.0787. The van der Waals surface area contributed by atoms with Crippen LogP contribution in [-0.2, 0) is 4.74 Å². The fourth-order valence-corrected chi connectivity index (χ4v) is 2.60. The summed E-state index contributed by atoms with van der Waals surface area (Å²) < 4.78 is 16.6. The number of hydrogen-bond acceptors (Lipinski definition) is 4. The number of methoxy groups -OCH3 is 2. The standard InChI is InChI=1S/C15H23NO3/c1-5-19-12-6-7-16(10-12)13-9-14(17-3)11(2)8-15(13)18-4/h8-9,12H,5-7,10H2,1-4H3/t12-/m0/s1. The average molecular weight is 265 g/mol. The van der Waals surface area contributed by atoms with Crippen molar-refractivity contribution in [2.75, 3.05) is 38.8 Å². The molecule has 0 unspecified atom stereocenters. The lowest BCUT2D eigenvalue weighted by atomic mass is 10.1. The van der Waals surface area contributed by atoms with Crippen molar-refractivity contribution in [2.24, 2.45) is 0 Å². The Balaban J connectivity index is 2.24. The molecule has 1 atom stereocenters. The summed E-state index contributed by atoms with van der Waals surface area (Å²) in [5.74, 6) is 1.80. The summed E-state index contributed by atoms with van der Waals surface area (Å²) in [6, 6.07) is 4.09. The van der Waals surface area contributed by atoms with Crippen molar-refractivity contribution in [3.05, 3.63) is 17.7 Å². The molecule has 4 heteroatoms. The lowest BCUT2D eigenvalue weighted by Gasteiger charge is -2.22. The molecule has 1 heterocycles. The maximum Gasteiger partial charge on any atom is 0.142 e. The van der Waals surface area contributed by atoms with Crippen molar-refractivity contribution in [3.63, 3.8) is 0 Å². The van der Waals surface area contributed by atoms with Crippen LogP contribution in [0.1, 0.15) is 18.9 Å². The van der Waals surface area contributed by atoms with Crippen LogP contribution in [-0.4, -0.2) is 40.0 Å². The number of rotatable bonds is 5. The highest BCUT2D eigenvalue weighted by Gasteiger charge is 2.25. The van der Waals surface area contributed by atoms with E-state index in [1.165, 1.54) is 0 Å². The van der Waals surface area contributed by atoms with E-state index >= 15 is 0 Å². The van der Waals surface area contributed by atoms with Gasteiger partial charge in [0.25, 0.3) is 0 Å². The van der Waals surface area contributed by atoms with Crippen molar-refractivity contribution in [1.29, 1.82) is 0 Å². The van der Waals surface area contributed by atoms with Crippen LogP contribution in [0.25, 0.3) is 0 Å². The minimum Gasteiger partial charge on any atom is -0.496 e. The number of ether oxygens (including phenoxy) is 3. The summed E-state index contributed by atoms with van der Waals surface area (Å²) in [7, 11) is 3.41. The SMILES string of the molecule is CCO[C@H]1CCN(c2cc(OC)c(C)cc2OC)C1. The normalized spacial score (nSPS) is 18.7. The molecule has 4 nitrogen and oxygen atoms in total. The van der Waals surface area contributed by atoms with Crippen molar-refractivity contribution < 1.29 is 14.2 Å². The van der Waals surface area contributed by atoms with Gasteiger partial charge in [-0.3, -0.25) is 0 Å². The van der Waals surface area contributed by atoms with Gasteiger partial charge in [-0.25, -0.2) is 0 Å². The maximum atomic E-state index is 5.69. The molecule has 0 spiro atoms. The van der Waals surface area contributed by atoms with E-state index in [9.17, 15) is 0 Å². The molecule has 0 N–H and O–H groups in total. The molecule has 0 bridgehead atoms. The van der Waals surface area contributed by atoms with E-state index < -0.39 is 0 Å². The van der Waals surface area contributed by atoms with Gasteiger partial charge in [-0.05, 0) is 31.9 Å². The molecule has 1 aromatic carbocycles. The highest BCUT2D eigenvalue weighted by atomic mass is 16.5. The molecule has 1 saturated heterocycles. The zero-order valence-electron chi connectivity index (χ0n) is 12.2. The van der Waals surface area contributed by atoms with Crippen LogP contribution in [0.3, 0.4) is 0 Å². The van der Waals surface area contributed by atoms with Crippen LogP contribution in [0.5, 0.6) is 11.5 Å². The zero-order chi connectivity index (χ0) is 13.8. The third kappa shape index (κ3) is 2.95. The van der Waals surface area contributed by atoms with Crippen molar-refractivity contribution >= 4 is 5.69 Å². The number of benzene rings is 1. The largest absolute Gasteiger partial charge is 0.496 e. The van der Waals surface area contributed by atoms with Gasteiger partial charge in [0.1, 0.15) is 11.5 Å². The fourth-order valence-electron chi connectivity index (χ4n) is 2.60. The topological polar surface area (TPSA) is 30.9 Å². The molecule has 1 aliphatic heterocycles. The Bertz CT molecular complexity index is 434. The molecule has 1 fully saturated rings. The second-order valence-corrected chi connectivity index (χ2v) is 4.81. The molecule has 1 aliphatic rings. The van der Waals surface area contributed by atoms with Gasteiger partial charge in [0.05, 0.1) is 26.0 Å². The average Bonchev–Trinajstić information content (AvgIpc) is 2.87. The molecule has 0 saturated carbocycles. The maximum absolute atomic E-state index is 5.69. The lowest BCUT2D eigenvalue weighted by Crippen LogP contribution is -2.23. The Morgan fingerprint density at radius 1 is 1.21 bits per heavy atom. The van der Waals surface area contributed by atoms with E-state index in [4.69, 9.17) is 14.2 Å².